The normalized spacial score (nSPS) is 17.8. The predicted molar refractivity (Wildman–Crippen MR) is 120 cm³/mol. The number of anilines is 1. The van der Waals surface area contributed by atoms with Gasteiger partial charge in [0, 0.05) is 10.4 Å². The number of amides is 1. The van der Waals surface area contributed by atoms with Crippen LogP contribution in [0.5, 0.6) is 5.75 Å². The Morgan fingerprint density at radius 3 is 2.34 bits per heavy atom. The Morgan fingerprint density at radius 1 is 1.12 bits per heavy atom. The van der Waals surface area contributed by atoms with Crippen molar-refractivity contribution in [3.05, 3.63) is 81.6 Å². The van der Waals surface area contributed by atoms with Gasteiger partial charge in [0.15, 0.2) is 5.13 Å². The lowest BCUT2D eigenvalue weighted by molar-refractivity contribution is -0.132. The standard InChI is InChI=1S/C24H21FN2O4S/c1-4-31-18-11-7-16(8-12-18)21(28)19-20(15-5-9-17(25)10-6-15)27(23(30)22(19)29)24-26-13(2)14(3)32-24/h5-12,20,28H,4H2,1-3H3/b21-19+/t20-/m0/s1. The Balaban J connectivity index is 1.89. The molecule has 1 aromatic heterocycles. The van der Waals surface area contributed by atoms with E-state index in [1.165, 1.54) is 40.5 Å². The number of rotatable bonds is 5. The lowest BCUT2D eigenvalue weighted by Crippen LogP contribution is -2.29. The fourth-order valence-corrected chi connectivity index (χ4v) is 4.52. The van der Waals surface area contributed by atoms with Crippen molar-refractivity contribution in [1.29, 1.82) is 0 Å². The predicted octanol–water partition coefficient (Wildman–Crippen LogP) is 4.92. The fourth-order valence-electron chi connectivity index (χ4n) is 3.58. The number of hydrogen-bond donors (Lipinski definition) is 1. The first-order valence-electron chi connectivity index (χ1n) is 10.1. The molecule has 6 nitrogen and oxygen atoms in total. The molecule has 3 aromatic rings. The second-order valence-corrected chi connectivity index (χ2v) is 8.50. The van der Waals surface area contributed by atoms with Gasteiger partial charge in [0.25, 0.3) is 5.78 Å². The molecule has 164 valence electrons. The molecule has 0 spiro atoms. The van der Waals surface area contributed by atoms with E-state index in [-0.39, 0.29) is 11.3 Å². The largest absolute Gasteiger partial charge is 0.507 e. The summed E-state index contributed by atoms with van der Waals surface area (Å²) in [4.78, 5) is 32.8. The topological polar surface area (TPSA) is 79.7 Å². The Bertz CT molecular complexity index is 1200. The van der Waals surface area contributed by atoms with Gasteiger partial charge in [-0.1, -0.05) is 12.1 Å². The van der Waals surface area contributed by atoms with E-state index in [4.69, 9.17) is 4.74 Å². The van der Waals surface area contributed by atoms with Crippen LogP contribution in [-0.2, 0) is 9.59 Å². The second kappa shape index (κ2) is 8.55. The lowest BCUT2D eigenvalue weighted by Gasteiger charge is -2.23. The minimum atomic E-state index is -0.938. The van der Waals surface area contributed by atoms with Gasteiger partial charge < -0.3 is 9.84 Å². The number of aromatic nitrogens is 1. The zero-order valence-corrected chi connectivity index (χ0v) is 18.6. The monoisotopic (exact) mass is 452 g/mol. The number of carbonyl (C=O) groups excluding carboxylic acids is 2. The van der Waals surface area contributed by atoms with E-state index in [0.717, 1.165) is 10.6 Å². The number of carbonyl (C=O) groups is 2. The van der Waals surface area contributed by atoms with Gasteiger partial charge in [-0.2, -0.15) is 0 Å². The van der Waals surface area contributed by atoms with Crippen molar-refractivity contribution in [1.82, 2.24) is 4.98 Å². The van der Waals surface area contributed by atoms with Gasteiger partial charge in [-0.25, -0.2) is 9.37 Å². The van der Waals surface area contributed by atoms with Crippen LogP contribution in [0.1, 0.15) is 34.7 Å². The summed E-state index contributed by atoms with van der Waals surface area (Å²) in [6, 6.07) is 11.2. The van der Waals surface area contributed by atoms with E-state index < -0.39 is 23.5 Å². The molecule has 2 heterocycles. The van der Waals surface area contributed by atoms with Crippen LogP contribution in [0, 0.1) is 19.7 Å². The number of thiazole rings is 1. The van der Waals surface area contributed by atoms with E-state index in [1.807, 2.05) is 20.8 Å². The first kappa shape index (κ1) is 21.7. The van der Waals surface area contributed by atoms with Crippen molar-refractivity contribution < 1.29 is 23.8 Å². The molecule has 1 atom stereocenters. The third kappa shape index (κ3) is 3.78. The van der Waals surface area contributed by atoms with Gasteiger partial charge in [0.05, 0.1) is 23.9 Å². The minimum absolute atomic E-state index is 0.0729. The van der Waals surface area contributed by atoms with Crippen LogP contribution >= 0.6 is 11.3 Å². The minimum Gasteiger partial charge on any atom is -0.507 e. The maximum absolute atomic E-state index is 13.6. The molecule has 2 aromatic carbocycles. The molecular weight excluding hydrogens is 431 g/mol. The van der Waals surface area contributed by atoms with E-state index >= 15 is 0 Å². The van der Waals surface area contributed by atoms with E-state index in [2.05, 4.69) is 4.98 Å². The van der Waals surface area contributed by atoms with Crippen LogP contribution in [0.4, 0.5) is 9.52 Å². The van der Waals surface area contributed by atoms with Crippen LogP contribution in [0.3, 0.4) is 0 Å². The smallest absolute Gasteiger partial charge is 0.301 e. The molecule has 0 radical (unpaired) electrons. The summed E-state index contributed by atoms with van der Waals surface area (Å²) in [7, 11) is 0. The number of nitrogens with zero attached hydrogens (tertiary/aromatic N) is 2. The van der Waals surface area contributed by atoms with E-state index in [9.17, 15) is 19.1 Å². The molecule has 1 aliphatic heterocycles. The molecule has 1 N–H and O–H groups in total. The van der Waals surface area contributed by atoms with Crippen LogP contribution in [0.15, 0.2) is 54.1 Å². The summed E-state index contributed by atoms with van der Waals surface area (Å²) >= 11 is 1.28. The molecule has 0 unspecified atom stereocenters. The van der Waals surface area contributed by atoms with Gasteiger partial charge in [-0.05, 0) is 62.7 Å². The molecule has 8 heteroatoms. The number of ether oxygens (including phenoxy) is 1. The first-order valence-corrected chi connectivity index (χ1v) is 10.9. The maximum atomic E-state index is 13.6. The molecule has 4 rings (SSSR count). The summed E-state index contributed by atoms with van der Waals surface area (Å²) in [6.45, 7) is 6.05. The summed E-state index contributed by atoms with van der Waals surface area (Å²) in [5, 5.41) is 11.4. The SMILES string of the molecule is CCOc1ccc(/C(O)=C2\C(=O)C(=O)N(c3nc(C)c(C)s3)[C@H]2c2ccc(F)cc2)cc1. The highest BCUT2D eigenvalue weighted by Gasteiger charge is 2.48. The van der Waals surface area contributed by atoms with Crippen LogP contribution in [0.2, 0.25) is 0 Å². The molecule has 1 amide bonds. The number of aliphatic hydroxyl groups excluding tert-OH is 1. The van der Waals surface area contributed by atoms with Crippen molar-refractivity contribution in [3.8, 4) is 5.75 Å². The molecular formula is C24H21FN2O4S. The summed E-state index contributed by atoms with van der Waals surface area (Å²) < 4.78 is 19.0. The summed E-state index contributed by atoms with van der Waals surface area (Å²) in [5.74, 6) is -1.75. The number of Topliss-reactive ketones (excluding diaryl/α,β-unsaturated/α-hetero) is 1. The Morgan fingerprint density at radius 2 is 1.78 bits per heavy atom. The van der Waals surface area contributed by atoms with Crippen molar-refractivity contribution in [2.45, 2.75) is 26.8 Å². The average Bonchev–Trinajstić information content (AvgIpc) is 3.24. The third-order valence-electron chi connectivity index (χ3n) is 5.29. The molecule has 0 bridgehead atoms. The Kier molecular flexibility index (Phi) is 5.80. The molecule has 0 saturated carbocycles. The number of halogens is 1. The van der Waals surface area contributed by atoms with E-state index in [0.29, 0.717) is 28.6 Å². The van der Waals surface area contributed by atoms with Gasteiger partial charge in [0.1, 0.15) is 17.3 Å². The number of aliphatic hydroxyl groups is 1. The van der Waals surface area contributed by atoms with Crippen molar-refractivity contribution in [3.63, 3.8) is 0 Å². The van der Waals surface area contributed by atoms with Crippen LogP contribution < -0.4 is 9.64 Å². The van der Waals surface area contributed by atoms with Crippen molar-refractivity contribution in [2.75, 3.05) is 11.5 Å². The zero-order chi connectivity index (χ0) is 23.0. The number of hydrogen-bond acceptors (Lipinski definition) is 6. The Hall–Kier alpha value is -3.52. The molecule has 32 heavy (non-hydrogen) atoms. The van der Waals surface area contributed by atoms with Crippen molar-refractivity contribution in [2.24, 2.45) is 0 Å². The highest BCUT2D eigenvalue weighted by atomic mass is 32.1. The highest BCUT2D eigenvalue weighted by molar-refractivity contribution is 7.16. The van der Waals surface area contributed by atoms with Crippen LogP contribution in [0.25, 0.3) is 5.76 Å². The quantitative estimate of drug-likeness (QED) is 0.338. The van der Waals surface area contributed by atoms with Gasteiger partial charge in [-0.15, -0.1) is 11.3 Å². The maximum Gasteiger partial charge on any atom is 0.301 e. The fraction of sp³-hybridized carbons (Fsp3) is 0.208. The molecule has 1 saturated heterocycles. The molecule has 1 fully saturated rings. The van der Waals surface area contributed by atoms with Gasteiger partial charge >= 0.3 is 5.91 Å². The molecule has 0 aliphatic carbocycles. The Labute approximate surface area is 188 Å². The molecule has 1 aliphatic rings. The number of ketones is 1. The second-order valence-electron chi connectivity index (χ2n) is 7.32. The van der Waals surface area contributed by atoms with Gasteiger partial charge in [0.2, 0.25) is 0 Å². The van der Waals surface area contributed by atoms with E-state index in [1.54, 1.807) is 24.3 Å². The number of aryl methyl sites for hydroxylation is 2. The number of benzene rings is 2. The van der Waals surface area contributed by atoms with Crippen molar-refractivity contribution >= 4 is 33.9 Å². The first-order chi connectivity index (χ1) is 15.3. The third-order valence-corrected chi connectivity index (χ3v) is 6.36. The summed E-state index contributed by atoms with van der Waals surface area (Å²) in [5.41, 5.74) is 1.53. The van der Waals surface area contributed by atoms with Crippen LogP contribution in [-0.4, -0.2) is 28.4 Å². The summed E-state index contributed by atoms with van der Waals surface area (Å²) in [6.07, 6.45) is 0. The average molecular weight is 453 g/mol. The lowest BCUT2D eigenvalue weighted by atomic mass is 9.95. The van der Waals surface area contributed by atoms with Gasteiger partial charge in [-0.3, -0.25) is 14.5 Å². The zero-order valence-electron chi connectivity index (χ0n) is 17.8. The highest BCUT2D eigenvalue weighted by Crippen LogP contribution is 2.43.